The summed E-state index contributed by atoms with van der Waals surface area (Å²) in [4.78, 5) is 24.6. The number of rotatable bonds is 5. The van der Waals surface area contributed by atoms with Gasteiger partial charge in [0.05, 0.1) is 23.7 Å². The van der Waals surface area contributed by atoms with E-state index in [1.165, 1.54) is 42.8 Å². The summed E-state index contributed by atoms with van der Waals surface area (Å²) in [6.07, 6.45) is 2.77. The Hall–Kier alpha value is -3.26. The molecule has 2 amide bonds. The molecule has 0 aliphatic rings. The van der Waals surface area contributed by atoms with Crippen LogP contribution < -0.4 is 10.7 Å². The number of hydrogen-bond donors (Lipinski definition) is 2. The number of furan rings is 1. The lowest BCUT2D eigenvalue weighted by molar-refractivity contribution is 0.0956. The second kappa shape index (κ2) is 8.41. The molecule has 6 nitrogen and oxygen atoms in total. The summed E-state index contributed by atoms with van der Waals surface area (Å²) in [6, 6.07) is 13.6. The van der Waals surface area contributed by atoms with Crippen LogP contribution in [0.4, 0.5) is 10.1 Å². The van der Waals surface area contributed by atoms with Gasteiger partial charge in [0.1, 0.15) is 5.82 Å². The van der Waals surface area contributed by atoms with Crippen molar-refractivity contribution in [2.24, 2.45) is 5.10 Å². The summed E-state index contributed by atoms with van der Waals surface area (Å²) in [5.74, 6) is -1.24. The molecule has 8 heteroatoms. The SMILES string of the molecule is O=C(Nc1ccc(Br)cc1C(=O)NN=Cc1ccc(F)cc1)c1ccco1. The molecule has 2 aromatic carbocycles. The number of halogens is 2. The topological polar surface area (TPSA) is 83.7 Å². The summed E-state index contributed by atoms with van der Waals surface area (Å²) in [5.41, 5.74) is 3.51. The zero-order valence-electron chi connectivity index (χ0n) is 13.8. The normalized spacial score (nSPS) is 10.7. The quantitative estimate of drug-likeness (QED) is 0.470. The monoisotopic (exact) mass is 429 g/mol. The van der Waals surface area contributed by atoms with Crippen molar-refractivity contribution in [2.45, 2.75) is 0 Å². The Labute approximate surface area is 162 Å². The molecule has 0 bridgehead atoms. The van der Waals surface area contributed by atoms with Gasteiger partial charge in [0.15, 0.2) is 5.76 Å². The number of nitrogens with zero attached hydrogens (tertiary/aromatic N) is 1. The number of amides is 2. The van der Waals surface area contributed by atoms with Gasteiger partial charge in [-0.2, -0.15) is 5.10 Å². The van der Waals surface area contributed by atoms with Gasteiger partial charge >= 0.3 is 0 Å². The Bertz CT molecular complexity index is 986. The third-order valence-electron chi connectivity index (χ3n) is 3.47. The smallest absolute Gasteiger partial charge is 0.291 e. The Balaban J connectivity index is 1.74. The van der Waals surface area contributed by atoms with E-state index in [9.17, 15) is 14.0 Å². The first-order valence-corrected chi connectivity index (χ1v) is 8.55. The predicted octanol–water partition coefficient (Wildman–Crippen LogP) is 4.20. The highest BCUT2D eigenvalue weighted by Crippen LogP contribution is 2.22. The lowest BCUT2D eigenvalue weighted by Gasteiger charge is -2.09. The molecule has 0 aliphatic heterocycles. The number of hydrogen-bond acceptors (Lipinski definition) is 4. The minimum atomic E-state index is -0.524. The lowest BCUT2D eigenvalue weighted by Crippen LogP contribution is -2.21. The molecule has 0 fully saturated rings. The highest BCUT2D eigenvalue weighted by atomic mass is 79.9. The zero-order chi connectivity index (χ0) is 19.2. The molecular weight excluding hydrogens is 417 g/mol. The average molecular weight is 430 g/mol. The number of carbonyl (C=O) groups excluding carboxylic acids is 2. The molecule has 136 valence electrons. The third-order valence-corrected chi connectivity index (χ3v) is 3.96. The van der Waals surface area contributed by atoms with E-state index in [1.54, 1.807) is 24.3 Å². The largest absolute Gasteiger partial charge is 0.459 e. The van der Waals surface area contributed by atoms with Gasteiger partial charge in [-0.3, -0.25) is 9.59 Å². The number of carbonyl (C=O) groups is 2. The van der Waals surface area contributed by atoms with Crippen molar-refractivity contribution < 1.29 is 18.4 Å². The summed E-state index contributed by atoms with van der Waals surface area (Å²) < 4.78 is 18.6. The van der Waals surface area contributed by atoms with E-state index in [4.69, 9.17) is 4.42 Å². The maximum atomic E-state index is 12.9. The molecule has 0 radical (unpaired) electrons. The van der Waals surface area contributed by atoms with Crippen LogP contribution in [0.15, 0.2) is 74.9 Å². The third kappa shape index (κ3) is 4.89. The van der Waals surface area contributed by atoms with Crippen molar-refractivity contribution in [1.29, 1.82) is 0 Å². The maximum absolute atomic E-state index is 12.9. The van der Waals surface area contributed by atoms with Gasteiger partial charge in [-0.1, -0.05) is 28.1 Å². The van der Waals surface area contributed by atoms with E-state index in [0.29, 0.717) is 15.7 Å². The summed E-state index contributed by atoms with van der Waals surface area (Å²) >= 11 is 3.30. The number of hydrazone groups is 1. The first-order chi connectivity index (χ1) is 13.0. The van der Waals surface area contributed by atoms with E-state index >= 15 is 0 Å². The van der Waals surface area contributed by atoms with Gasteiger partial charge < -0.3 is 9.73 Å². The maximum Gasteiger partial charge on any atom is 0.291 e. The van der Waals surface area contributed by atoms with Crippen LogP contribution in [-0.2, 0) is 0 Å². The highest BCUT2D eigenvalue weighted by Gasteiger charge is 2.16. The molecule has 3 rings (SSSR count). The van der Waals surface area contributed by atoms with Crippen LogP contribution in [-0.4, -0.2) is 18.0 Å². The van der Waals surface area contributed by atoms with Crippen molar-refractivity contribution in [3.8, 4) is 0 Å². The fourth-order valence-corrected chi connectivity index (χ4v) is 2.54. The Morgan fingerprint density at radius 1 is 1.07 bits per heavy atom. The van der Waals surface area contributed by atoms with E-state index in [2.05, 4.69) is 31.8 Å². The van der Waals surface area contributed by atoms with Gasteiger partial charge in [-0.05, 0) is 48.0 Å². The molecule has 0 saturated carbocycles. The van der Waals surface area contributed by atoms with E-state index < -0.39 is 11.8 Å². The van der Waals surface area contributed by atoms with E-state index in [1.807, 2.05) is 0 Å². The Kier molecular flexibility index (Phi) is 5.77. The van der Waals surface area contributed by atoms with Gasteiger partial charge in [0, 0.05) is 4.47 Å². The molecule has 1 aromatic heterocycles. The lowest BCUT2D eigenvalue weighted by atomic mass is 10.1. The van der Waals surface area contributed by atoms with Crippen LogP contribution in [0.3, 0.4) is 0 Å². The minimum Gasteiger partial charge on any atom is -0.459 e. The molecule has 0 saturated heterocycles. The molecule has 27 heavy (non-hydrogen) atoms. The summed E-state index contributed by atoms with van der Waals surface area (Å²) in [7, 11) is 0. The first-order valence-electron chi connectivity index (χ1n) is 7.76. The molecule has 0 unspecified atom stereocenters. The summed E-state index contributed by atoms with van der Waals surface area (Å²) in [5, 5.41) is 6.48. The van der Waals surface area contributed by atoms with Gasteiger partial charge in [0.2, 0.25) is 0 Å². The Morgan fingerprint density at radius 3 is 2.56 bits per heavy atom. The van der Waals surface area contributed by atoms with Crippen LogP contribution in [0.25, 0.3) is 0 Å². The fourth-order valence-electron chi connectivity index (χ4n) is 2.18. The van der Waals surface area contributed by atoms with E-state index in [0.717, 1.165) is 0 Å². The summed E-state index contributed by atoms with van der Waals surface area (Å²) in [6.45, 7) is 0. The number of anilines is 1. The number of nitrogens with one attached hydrogen (secondary N) is 2. The second-order valence-electron chi connectivity index (χ2n) is 5.37. The highest BCUT2D eigenvalue weighted by molar-refractivity contribution is 9.10. The molecular formula is C19H13BrFN3O3. The molecule has 1 heterocycles. The Morgan fingerprint density at radius 2 is 1.85 bits per heavy atom. The van der Waals surface area contributed by atoms with Crippen molar-refractivity contribution in [2.75, 3.05) is 5.32 Å². The minimum absolute atomic E-state index is 0.124. The molecule has 2 N–H and O–H groups in total. The van der Waals surface area contributed by atoms with Crippen molar-refractivity contribution in [1.82, 2.24) is 5.43 Å². The van der Waals surface area contributed by atoms with Crippen LogP contribution in [0.2, 0.25) is 0 Å². The van der Waals surface area contributed by atoms with Crippen LogP contribution in [0, 0.1) is 5.82 Å². The van der Waals surface area contributed by atoms with Gasteiger partial charge in [-0.25, -0.2) is 9.82 Å². The molecule has 0 aliphatic carbocycles. The van der Waals surface area contributed by atoms with Crippen molar-refractivity contribution in [3.63, 3.8) is 0 Å². The van der Waals surface area contributed by atoms with Crippen LogP contribution >= 0.6 is 15.9 Å². The predicted molar refractivity (Wildman–Crippen MR) is 102 cm³/mol. The molecule has 3 aromatic rings. The second-order valence-corrected chi connectivity index (χ2v) is 6.29. The molecule has 0 spiro atoms. The first kappa shape index (κ1) is 18.5. The van der Waals surface area contributed by atoms with Crippen molar-refractivity contribution in [3.05, 3.63) is 88.0 Å². The van der Waals surface area contributed by atoms with Gasteiger partial charge in [0.25, 0.3) is 11.8 Å². The van der Waals surface area contributed by atoms with Gasteiger partial charge in [-0.15, -0.1) is 0 Å². The molecule has 0 atom stereocenters. The standard InChI is InChI=1S/C19H13BrFN3O3/c20-13-5-8-16(23-19(26)17-2-1-9-27-17)15(10-13)18(25)24-22-11-12-3-6-14(21)7-4-12/h1-11H,(H,23,26)(H,24,25). The number of benzene rings is 2. The van der Waals surface area contributed by atoms with Crippen LogP contribution in [0.5, 0.6) is 0 Å². The fraction of sp³-hybridized carbons (Fsp3) is 0. The van der Waals surface area contributed by atoms with Crippen molar-refractivity contribution >= 4 is 39.6 Å². The zero-order valence-corrected chi connectivity index (χ0v) is 15.4. The van der Waals surface area contributed by atoms with E-state index in [-0.39, 0.29) is 17.1 Å². The van der Waals surface area contributed by atoms with Crippen LogP contribution in [0.1, 0.15) is 26.5 Å². The average Bonchev–Trinajstić information content (AvgIpc) is 3.19.